The molecule has 158 valence electrons. The molecule has 0 aliphatic carbocycles. The van der Waals surface area contributed by atoms with E-state index in [0.29, 0.717) is 17.6 Å². The molecule has 0 radical (unpaired) electrons. The number of aliphatic hydroxyl groups excluding tert-OH is 2. The third-order valence-corrected chi connectivity index (χ3v) is 5.87. The van der Waals surface area contributed by atoms with Crippen molar-refractivity contribution >= 4 is 17.0 Å². The van der Waals surface area contributed by atoms with Crippen LogP contribution in [0, 0.1) is 34.6 Å². The van der Waals surface area contributed by atoms with Crippen molar-refractivity contribution in [3.05, 3.63) is 46.2 Å². The zero-order valence-electron chi connectivity index (χ0n) is 17.2. The van der Waals surface area contributed by atoms with Gasteiger partial charge in [0, 0.05) is 12.7 Å². The number of hydrogen-bond donors (Lipinski definition) is 2. The molecule has 1 aliphatic heterocycles. The summed E-state index contributed by atoms with van der Waals surface area (Å²) in [6, 6.07) is 0. The van der Waals surface area contributed by atoms with Crippen LogP contribution in [0.4, 0.5) is 5.82 Å². The molecule has 0 amide bonds. The van der Waals surface area contributed by atoms with Gasteiger partial charge in [0.15, 0.2) is 5.65 Å². The van der Waals surface area contributed by atoms with Crippen molar-refractivity contribution in [2.45, 2.75) is 59.5 Å². The molecule has 3 heterocycles. The molecule has 3 aromatic rings. The summed E-state index contributed by atoms with van der Waals surface area (Å²) in [5.41, 5.74) is 15.8. The Hall–Kier alpha value is -1.80. The first-order valence-electron chi connectivity index (χ1n) is 9.29. The third kappa shape index (κ3) is 4.38. The van der Waals surface area contributed by atoms with Gasteiger partial charge in [0.25, 0.3) is 0 Å². The van der Waals surface area contributed by atoms with E-state index in [-0.39, 0.29) is 31.9 Å². The second-order valence-electron chi connectivity index (χ2n) is 7.29. The van der Waals surface area contributed by atoms with Crippen LogP contribution in [0.2, 0.25) is 0 Å². The number of imidazole rings is 1. The number of nitrogens with one attached hydrogen (secondary N) is 1. The predicted octanol–water partition coefficient (Wildman–Crippen LogP) is 3.10. The number of ether oxygens (including phenoxy) is 1. The summed E-state index contributed by atoms with van der Waals surface area (Å²) in [7, 11) is 0. The molecule has 9 heteroatoms. The summed E-state index contributed by atoms with van der Waals surface area (Å²) in [5, 5.41) is 18.7. The zero-order chi connectivity index (χ0) is 20.6. The third-order valence-electron chi connectivity index (χ3n) is 5.87. The van der Waals surface area contributed by atoms with E-state index >= 15 is 0 Å². The topological polar surface area (TPSA) is 117 Å². The van der Waals surface area contributed by atoms with Crippen LogP contribution in [0.15, 0.2) is 12.7 Å². The molecule has 1 aliphatic rings. The molecule has 1 fully saturated rings. The van der Waals surface area contributed by atoms with E-state index in [1.807, 2.05) is 0 Å². The normalized spacial score (nSPS) is 21.0. The van der Waals surface area contributed by atoms with Crippen molar-refractivity contribution in [1.29, 1.82) is 0 Å². The van der Waals surface area contributed by atoms with Crippen molar-refractivity contribution < 1.29 is 34.4 Å². The Kier molecular flexibility index (Phi) is 7.57. The minimum Gasteiger partial charge on any atom is -0.480 e. The average molecular weight is 488 g/mol. The first-order chi connectivity index (χ1) is 13.3. The molecule has 1 aromatic carbocycles. The number of hydrogen-bond acceptors (Lipinski definition) is 6. The summed E-state index contributed by atoms with van der Waals surface area (Å²) in [6.45, 7) is 10.8. The monoisotopic (exact) mass is 488 g/mol. The molecule has 8 nitrogen and oxygen atoms in total. The van der Waals surface area contributed by atoms with Gasteiger partial charge < -0.3 is 25.7 Å². The molecule has 0 saturated carbocycles. The van der Waals surface area contributed by atoms with E-state index in [4.69, 9.17) is 15.6 Å². The van der Waals surface area contributed by atoms with E-state index in [2.05, 4.69) is 49.6 Å². The summed E-state index contributed by atoms with van der Waals surface area (Å²) < 4.78 is 7.16. The summed E-state index contributed by atoms with van der Waals surface area (Å²) in [5.74, 6) is 0.0519. The second-order valence-corrected chi connectivity index (χ2v) is 7.29. The van der Waals surface area contributed by atoms with Crippen LogP contribution in [0.3, 0.4) is 0 Å². The minimum atomic E-state index is -0.713. The fourth-order valence-electron chi connectivity index (χ4n) is 3.52. The standard InChI is InChI=1S/C10H12N5O3.C10H15.Rh/c11-9-8-10(13-3-12-9)15(4-14-8)7-1-5(17)6(2-16)18-7;1-6-7(2)9(4)10(5)8(6)3;/h3-7,16-17H,1-2H2,(H-,11,12,13);1-5H3;/q2*-1;+3. The quantitative estimate of drug-likeness (QED) is 0.423. The molecule has 0 spiro atoms. The first kappa shape index (κ1) is 23.5. The second kappa shape index (κ2) is 9.35. The van der Waals surface area contributed by atoms with Gasteiger partial charge >= 0.3 is 19.5 Å². The zero-order valence-corrected chi connectivity index (χ0v) is 18.9. The van der Waals surface area contributed by atoms with Gasteiger partial charge in [-0.3, -0.25) is 4.57 Å². The van der Waals surface area contributed by atoms with Gasteiger partial charge in [-0.15, -0.1) is 0 Å². The van der Waals surface area contributed by atoms with Crippen LogP contribution in [-0.4, -0.2) is 48.5 Å². The average Bonchev–Trinajstić information content (AvgIpc) is 3.33. The van der Waals surface area contributed by atoms with Crippen molar-refractivity contribution in [2.24, 2.45) is 0 Å². The van der Waals surface area contributed by atoms with Gasteiger partial charge in [-0.1, -0.05) is 34.6 Å². The largest absolute Gasteiger partial charge is 3.00 e. The fourth-order valence-corrected chi connectivity index (χ4v) is 3.52. The van der Waals surface area contributed by atoms with Gasteiger partial charge in [-0.05, 0) is 5.82 Å². The maximum atomic E-state index is 9.70. The number of aromatic nitrogens is 4. The molecular formula is C20H27N5O3Rh+. The summed E-state index contributed by atoms with van der Waals surface area (Å²) >= 11 is 0. The van der Waals surface area contributed by atoms with Gasteiger partial charge in [-0.25, -0.2) is 9.97 Å². The maximum Gasteiger partial charge on any atom is 3.00 e. The van der Waals surface area contributed by atoms with Crippen molar-refractivity contribution in [3.63, 3.8) is 0 Å². The van der Waals surface area contributed by atoms with Crippen molar-refractivity contribution in [3.8, 4) is 0 Å². The number of aliphatic hydroxyl groups is 2. The Morgan fingerprint density at radius 2 is 1.79 bits per heavy atom. The van der Waals surface area contributed by atoms with E-state index < -0.39 is 18.4 Å². The van der Waals surface area contributed by atoms with Gasteiger partial charge in [-0.2, -0.15) is 27.8 Å². The van der Waals surface area contributed by atoms with Crippen LogP contribution in [0.1, 0.15) is 40.5 Å². The van der Waals surface area contributed by atoms with Crippen LogP contribution in [-0.2, 0) is 24.2 Å². The maximum absolute atomic E-state index is 9.70. The molecule has 0 bridgehead atoms. The SMILES string of the molecule is Cc1c(C)c(C)[c-](C)c1C.[NH-]c1ncnc2c1ncn2C1CC(O)C(CO)O1.[Rh+3]. The van der Waals surface area contributed by atoms with Crippen LogP contribution >= 0.6 is 0 Å². The molecule has 1 saturated heterocycles. The van der Waals surface area contributed by atoms with Crippen LogP contribution < -0.4 is 0 Å². The molecule has 3 unspecified atom stereocenters. The Morgan fingerprint density at radius 1 is 1.17 bits per heavy atom. The smallest absolute Gasteiger partial charge is 0.480 e. The Bertz CT molecular complexity index is 904. The van der Waals surface area contributed by atoms with Gasteiger partial charge in [0.1, 0.15) is 17.8 Å². The number of rotatable bonds is 2. The van der Waals surface area contributed by atoms with Crippen LogP contribution in [0.5, 0.6) is 0 Å². The van der Waals surface area contributed by atoms with E-state index in [9.17, 15) is 5.11 Å². The van der Waals surface area contributed by atoms with E-state index in [1.54, 1.807) is 4.57 Å². The Morgan fingerprint density at radius 3 is 2.28 bits per heavy atom. The molecule has 2 aromatic heterocycles. The molecule has 3 atom stereocenters. The van der Waals surface area contributed by atoms with Gasteiger partial charge in [0.2, 0.25) is 0 Å². The Balaban J connectivity index is 0.000000234. The molecule has 29 heavy (non-hydrogen) atoms. The summed E-state index contributed by atoms with van der Waals surface area (Å²) in [6.07, 6.45) is 1.41. The van der Waals surface area contributed by atoms with E-state index in [1.165, 1.54) is 40.5 Å². The van der Waals surface area contributed by atoms with E-state index in [0.717, 1.165) is 0 Å². The van der Waals surface area contributed by atoms with Gasteiger partial charge in [0.05, 0.1) is 19.0 Å². The molecule has 3 N–H and O–H groups in total. The van der Waals surface area contributed by atoms with Crippen LogP contribution in [0.25, 0.3) is 16.9 Å². The fraction of sp³-hybridized carbons (Fsp3) is 0.500. The van der Waals surface area contributed by atoms with Crippen molar-refractivity contribution in [2.75, 3.05) is 6.61 Å². The Labute approximate surface area is 183 Å². The number of fused-ring (bicyclic) bond motifs is 1. The summed E-state index contributed by atoms with van der Waals surface area (Å²) in [4.78, 5) is 11.9. The molecule has 4 rings (SSSR count). The first-order valence-corrected chi connectivity index (χ1v) is 9.29. The minimum absolute atomic E-state index is 0. The predicted molar refractivity (Wildman–Crippen MR) is 107 cm³/mol. The molecular weight excluding hydrogens is 461 g/mol. The number of nitrogens with zero attached hydrogens (tertiary/aromatic N) is 4. The van der Waals surface area contributed by atoms with Crippen molar-refractivity contribution in [1.82, 2.24) is 19.5 Å².